The third-order valence-corrected chi connectivity index (χ3v) is 19.2. The Morgan fingerprint density at radius 1 is 0.482 bits per heavy atom. The Bertz CT molecular complexity index is 4090. The quantitative estimate of drug-likeness (QED) is 0.0920. The molecule has 0 spiro atoms. The van der Waals surface area contributed by atoms with Gasteiger partial charge in [-0.25, -0.2) is 31.2 Å². The number of carbonyl (C=O) groups is 2. The van der Waals surface area contributed by atoms with E-state index in [0.29, 0.717) is 44.5 Å². The van der Waals surface area contributed by atoms with E-state index in [2.05, 4.69) is 0 Å². The van der Waals surface area contributed by atoms with Crippen LogP contribution in [0.5, 0.6) is 0 Å². The molecule has 4 aliphatic heterocycles. The van der Waals surface area contributed by atoms with Crippen LogP contribution in [0.15, 0.2) is 226 Å². The fourth-order valence-electron chi connectivity index (χ4n) is 11.5. The first-order valence-corrected chi connectivity index (χ1v) is 30.1. The van der Waals surface area contributed by atoms with Gasteiger partial charge in [-0.05, 0) is 106 Å². The molecule has 0 unspecified atom stereocenters. The molecule has 4 atom stereocenters. The Morgan fingerprint density at radius 3 is 1.42 bits per heavy atom. The normalized spacial score (nSPS) is 20.4. The van der Waals surface area contributed by atoms with Crippen molar-refractivity contribution in [3.05, 3.63) is 262 Å². The molecule has 8 aromatic rings. The molecule has 8 aromatic carbocycles. The third kappa shape index (κ3) is 10.6. The number of amides is 2. The maximum absolute atomic E-state index is 15.3. The van der Waals surface area contributed by atoms with E-state index in [0.717, 1.165) is 23.3 Å². The van der Waals surface area contributed by atoms with E-state index in [4.69, 9.17) is 19.5 Å². The summed E-state index contributed by atoms with van der Waals surface area (Å²) in [6.45, 7) is -0.301. The van der Waals surface area contributed by atoms with Crippen LogP contribution in [0.2, 0.25) is 0 Å². The molecule has 0 saturated heterocycles. The second kappa shape index (κ2) is 21.5. The molecule has 0 saturated carbocycles. The zero-order valence-electron chi connectivity index (χ0n) is 44.3. The Morgan fingerprint density at radius 2 is 0.904 bits per heavy atom. The summed E-state index contributed by atoms with van der Waals surface area (Å²) in [7, 11) is -7.93. The number of alkyl halides is 3. The monoisotopic (exact) mass is 1160 g/mol. The van der Waals surface area contributed by atoms with E-state index in [1.165, 1.54) is 52.3 Å². The molecule has 18 heteroatoms. The summed E-state index contributed by atoms with van der Waals surface area (Å²) in [6.07, 6.45) is -6.71. The fraction of sp³-hybridized carbons (Fsp3) is 0.200. The lowest BCUT2D eigenvalue weighted by Gasteiger charge is -2.32. The van der Waals surface area contributed by atoms with Gasteiger partial charge in [-0.3, -0.25) is 9.59 Å². The molecule has 4 aliphatic rings. The van der Waals surface area contributed by atoms with Crippen LogP contribution in [0, 0.1) is 5.82 Å². The maximum Gasteiger partial charge on any atom is 0.416 e. The summed E-state index contributed by atoms with van der Waals surface area (Å²) in [5, 5.41) is 0. The average Bonchev–Trinajstić information content (AvgIpc) is 4.15. The Balaban J connectivity index is 0.833. The average molecular weight is 1160 g/mol. The van der Waals surface area contributed by atoms with Crippen molar-refractivity contribution in [3.8, 4) is 11.1 Å². The van der Waals surface area contributed by atoms with Gasteiger partial charge in [0.05, 0.1) is 26.9 Å². The minimum absolute atomic E-state index is 0.0152. The molecule has 12 rings (SSSR count). The van der Waals surface area contributed by atoms with Crippen molar-refractivity contribution in [1.29, 1.82) is 0 Å². The number of fused-ring (bicyclic) bond motifs is 6. The Hall–Kier alpha value is -8.74. The van der Waals surface area contributed by atoms with Gasteiger partial charge in [-0.1, -0.05) is 133 Å². The third-order valence-electron chi connectivity index (χ3n) is 15.8. The van der Waals surface area contributed by atoms with Crippen LogP contribution in [0.1, 0.15) is 62.3 Å². The lowest BCUT2D eigenvalue weighted by molar-refractivity contribution is -0.140. The highest BCUT2D eigenvalue weighted by atomic mass is 32.2. The number of carbonyl (C=O) groups excluding carboxylic acids is 2. The lowest BCUT2D eigenvalue weighted by Crippen LogP contribution is -2.50. The van der Waals surface area contributed by atoms with Crippen LogP contribution >= 0.6 is 0 Å². The maximum atomic E-state index is 15.3. The largest absolute Gasteiger partial charge is 0.466 e. The molecule has 0 N–H and O–H groups in total. The molecule has 83 heavy (non-hydrogen) atoms. The second-order valence-electron chi connectivity index (χ2n) is 21.1. The van der Waals surface area contributed by atoms with Crippen LogP contribution in [0.4, 0.5) is 17.6 Å². The highest BCUT2D eigenvalue weighted by molar-refractivity contribution is 7.91. The van der Waals surface area contributed by atoms with Crippen molar-refractivity contribution in [1.82, 2.24) is 9.80 Å². The summed E-state index contributed by atoms with van der Waals surface area (Å²) in [6, 6.07) is 55.5. The van der Waals surface area contributed by atoms with Gasteiger partial charge in [0, 0.05) is 61.3 Å². The van der Waals surface area contributed by atoms with Crippen LogP contribution in [-0.4, -0.2) is 85.9 Å². The first-order chi connectivity index (χ1) is 39.9. The van der Waals surface area contributed by atoms with Gasteiger partial charge >= 0.3 is 6.18 Å². The highest BCUT2D eigenvalue weighted by Crippen LogP contribution is 2.49. The molecule has 0 aliphatic carbocycles. The van der Waals surface area contributed by atoms with E-state index >= 15 is 9.59 Å². The molecule has 420 valence electrons. The zero-order valence-corrected chi connectivity index (χ0v) is 46.0. The van der Waals surface area contributed by atoms with E-state index < -0.39 is 83.8 Å². The van der Waals surface area contributed by atoms with E-state index in [1.807, 2.05) is 60.7 Å². The zero-order chi connectivity index (χ0) is 57.7. The first kappa shape index (κ1) is 54.8. The summed E-state index contributed by atoms with van der Waals surface area (Å²) in [4.78, 5) is 43.8. The number of sulfone groups is 2. The summed E-state index contributed by atoms with van der Waals surface area (Å²) in [5.41, 5.74) is 1.81. The smallest absolute Gasteiger partial charge is 0.416 e. The van der Waals surface area contributed by atoms with Crippen molar-refractivity contribution >= 4 is 43.3 Å². The number of nitrogens with zero attached hydrogens (tertiary/aromatic N) is 4. The van der Waals surface area contributed by atoms with E-state index in [1.54, 1.807) is 91.0 Å². The number of ether oxygens (including phenoxy) is 2. The van der Waals surface area contributed by atoms with Crippen LogP contribution in [0.3, 0.4) is 0 Å². The van der Waals surface area contributed by atoms with Crippen molar-refractivity contribution in [3.63, 3.8) is 0 Å². The molecule has 0 radical (unpaired) electrons. The second-order valence-corrected chi connectivity index (χ2v) is 25.3. The topological polar surface area (TPSA) is 152 Å². The molecular formula is C65H52F4N4O8S2. The lowest BCUT2D eigenvalue weighted by atomic mass is 9.81. The first-order valence-electron chi connectivity index (χ1n) is 26.8. The van der Waals surface area contributed by atoms with Crippen molar-refractivity contribution in [2.24, 2.45) is 9.98 Å². The van der Waals surface area contributed by atoms with E-state index in [-0.39, 0.29) is 60.6 Å². The van der Waals surface area contributed by atoms with Crippen molar-refractivity contribution < 1.29 is 53.5 Å². The van der Waals surface area contributed by atoms with Gasteiger partial charge in [0.2, 0.25) is 11.8 Å². The molecular weight excluding hydrogens is 1100 g/mol. The predicted octanol–water partition coefficient (Wildman–Crippen LogP) is 11.1. The molecule has 2 amide bonds. The van der Waals surface area contributed by atoms with Crippen LogP contribution < -0.4 is 0 Å². The molecule has 4 heterocycles. The van der Waals surface area contributed by atoms with Gasteiger partial charge < -0.3 is 19.3 Å². The Kier molecular flexibility index (Phi) is 14.2. The summed E-state index contributed by atoms with van der Waals surface area (Å²) < 4.78 is 125. The SMILES string of the molecule is O=C1N(CCS(=O)(=O)c2ccccc2)Cc2ccccc2[C@@H]2OC(c3ccc(-c4cccc(S(=O)(=O)CCN5Cc6ccccc6[C@@H]6OC(c7ccccc7)=N[C@]6(Cc6ccc(F)cc6)C5=O)c4)cc3)=N[C@]12Cc1ccc(C(F)(F)F)cc1. The molecule has 12 nitrogen and oxygen atoms in total. The van der Waals surface area contributed by atoms with Crippen LogP contribution in [0.25, 0.3) is 11.1 Å². The number of hydrogen-bond acceptors (Lipinski definition) is 10. The van der Waals surface area contributed by atoms with Gasteiger partial charge in [0.15, 0.2) is 43.0 Å². The number of rotatable bonds is 15. The molecule has 0 bridgehead atoms. The minimum Gasteiger partial charge on any atom is -0.466 e. The van der Waals surface area contributed by atoms with Crippen molar-refractivity contribution in [2.75, 3.05) is 24.6 Å². The van der Waals surface area contributed by atoms with Crippen molar-refractivity contribution in [2.45, 2.75) is 65.2 Å². The minimum atomic E-state index is -4.61. The molecule has 0 fully saturated rings. The van der Waals surface area contributed by atoms with Gasteiger partial charge in [-0.15, -0.1) is 0 Å². The standard InChI is InChI=1S/C65H52F4N4O8S2/c66-52-32-24-44(25-33-52)40-64-57(80-59(70-64)46-12-3-1-4-13-46)55-20-9-7-15-50(55)42-73(62(64)75)35-37-83(78,79)54-19-11-16-48(38-54)45-26-28-47(29-27-45)60-71-63(39-43-22-30-51(31-23-43)65(67,68)69)58(81-60)56-21-10-8-14-49(56)41-72(61(63)74)34-36-82(76,77)53-17-5-2-6-18-53/h1-33,38,57-58H,34-37,39-42H2/t57-,58-,63-,64-/m0/s1. The van der Waals surface area contributed by atoms with Gasteiger partial charge in [0.25, 0.3) is 11.8 Å². The predicted molar refractivity (Wildman–Crippen MR) is 304 cm³/mol. The summed E-state index contributed by atoms with van der Waals surface area (Å²) in [5.74, 6) is -1.97. The van der Waals surface area contributed by atoms with Crippen LogP contribution in [-0.2, 0) is 70.8 Å². The number of hydrogen-bond donors (Lipinski definition) is 0. The number of halogens is 4. The molecule has 0 aromatic heterocycles. The van der Waals surface area contributed by atoms with E-state index in [9.17, 15) is 34.4 Å². The Labute approximate surface area is 477 Å². The van der Waals surface area contributed by atoms with Gasteiger partial charge in [-0.2, -0.15) is 13.2 Å². The number of aliphatic imine (C=N–C) groups is 2. The summed E-state index contributed by atoms with van der Waals surface area (Å²) >= 11 is 0. The number of benzene rings is 8. The fourth-order valence-corrected chi connectivity index (χ4v) is 14.1. The highest BCUT2D eigenvalue weighted by Gasteiger charge is 2.58. The van der Waals surface area contributed by atoms with Gasteiger partial charge in [0.1, 0.15) is 5.82 Å².